The Morgan fingerprint density at radius 1 is 0.952 bits per heavy atom. The Morgan fingerprint density at radius 2 is 1.81 bits per heavy atom. The minimum atomic E-state index is 0.843. The number of hydrogen-bond donors (Lipinski definition) is 1. The van der Waals surface area contributed by atoms with Crippen molar-refractivity contribution >= 4 is 33.3 Å². The number of benzene rings is 2. The molecular formula is C17H14N4. The van der Waals surface area contributed by atoms with Gasteiger partial charge in [0.25, 0.3) is 0 Å². The second-order valence-electron chi connectivity index (χ2n) is 5.06. The van der Waals surface area contributed by atoms with E-state index in [1.807, 2.05) is 48.3 Å². The maximum atomic E-state index is 4.63. The van der Waals surface area contributed by atoms with Gasteiger partial charge in [-0.05, 0) is 36.4 Å². The fourth-order valence-corrected chi connectivity index (χ4v) is 2.51. The summed E-state index contributed by atoms with van der Waals surface area (Å²) in [6.07, 6.45) is 1.87. The van der Waals surface area contributed by atoms with Crippen molar-refractivity contribution in [2.45, 2.75) is 0 Å². The van der Waals surface area contributed by atoms with Crippen LogP contribution in [0.5, 0.6) is 0 Å². The summed E-state index contributed by atoms with van der Waals surface area (Å²) in [4.78, 5) is 4.63. The smallest absolute Gasteiger partial charge is 0.131 e. The Hall–Kier alpha value is -2.88. The maximum absolute atomic E-state index is 4.63. The fraction of sp³-hybridized carbons (Fsp3) is 0.0588. The first-order valence-corrected chi connectivity index (χ1v) is 6.84. The Morgan fingerprint density at radius 3 is 2.76 bits per heavy atom. The van der Waals surface area contributed by atoms with Crippen molar-refractivity contribution in [2.75, 3.05) is 5.32 Å². The van der Waals surface area contributed by atoms with Crippen LogP contribution >= 0.6 is 0 Å². The first kappa shape index (κ1) is 11.9. The minimum Gasteiger partial charge on any atom is -0.340 e. The van der Waals surface area contributed by atoms with Crippen LogP contribution in [0.1, 0.15) is 0 Å². The number of hydrogen-bond acceptors (Lipinski definition) is 3. The first-order chi connectivity index (χ1) is 10.3. The molecular weight excluding hydrogens is 260 g/mol. The summed E-state index contributed by atoms with van der Waals surface area (Å²) in [5.74, 6) is 0.843. The van der Waals surface area contributed by atoms with Gasteiger partial charge in [0.05, 0.1) is 17.2 Å². The van der Waals surface area contributed by atoms with Crippen molar-refractivity contribution in [1.82, 2.24) is 14.8 Å². The van der Waals surface area contributed by atoms with Gasteiger partial charge >= 0.3 is 0 Å². The van der Waals surface area contributed by atoms with E-state index in [9.17, 15) is 0 Å². The second-order valence-corrected chi connectivity index (χ2v) is 5.06. The van der Waals surface area contributed by atoms with E-state index in [-0.39, 0.29) is 0 Å². The van der Waals surface area contributed by atoms with Crippen LogP contribution in [0.4, 0.5) is 11.5 Å². The van der Waals surface area contributed by atoms with Gasteiger partial charge in [0.15, 0.2) is 0 Å². The predicted octanol–water partition coefficient (Wildman–Crippen LogP) is 3.87. The van der Waals surface area contributed by atoms with Crippen LogP contribution in [0.15, 0.2) is 60.8 Å². The average Bonchev–Trinajstić information content (AvgIpc) is 2.88. The van der Waals surface area contributed by atoms with Gasteiger partial charge in [0.1, 0.15) is 5.82 Å². The van der Waals surface area contributed by atoms with Gasteiger partial charge in [-0.15, -0.1) is 0 Å². The van der Waals surface area contributed by atoms with Gasteiger partial charge in [-0.2, -0.15) is 5.10 Å². The molecule has 0 fully saturated rings. The minimum absolute atomic E-state index is 0.843. The standard InChI is InChI=1S/C17H14N4/c1-21-16-10-14(8-6-13(16)11-18-21)19-17-9-7-12-4-2-3-5-15(12)20-17/h2-11H,1H3,(H,19,20). The highest BCUT2D eigenvalue weighted by atomic mass is 15.2. The molecule has 0 bridgehead atoms. The summed E-state index contributed by atoms with van der Waals surface area (Å²) >= 11 is 0. The molecule has 0 aliphatic rings. The first-order valence-electron chi connectivity index (χ1n) is 6.84. The molecule has 0 unspecified atom stereocenters. The van der Waals surface area contributed by atoms with Crippen molar-refractivity contribution in [3.05, 3.63) is 60.8 Å². The molecule has 4 aromatic rings. The van der Waals surface area contributed by atoms with E-state index in [4.69, 9.17) is 0 Å². The lowest BCUT2D eigenvalue weighted by Gasteiger charge is -2.07. The summed E-state index contributed by atoms with van der Waals surface area (Å²) in [5.41, 5.74) is 3.10. The summed E-state index contributed by atoms with van der Waals surface area (Å²) in [5, 5.41) is 9.89. The molecule has 0 aliphatic carbocycles. The van der Waals surface area contributed by atoms with Gasteiger partial charge in [-0.3, -0.25) is 4.68 Å². The molecule has 0 aliphatic heterocycles. The lowest BCUT2D eigenvalue weighted by atomic mass is 10.2. The Kier molecular flexibility index (Phi) is 2.60. The highest BCUT2D eigenvalue weighted by Gasteiger charge is 2.03. The summed E-state index contributed by atoms with van der Waals surface area (Å²) < 4.78 is 1.87. The molecule has 1 N–H and O–H groups in total. The Balaban J connectivity index is 1.73. The zero-order valence-electron chi connectivity index (χ0n) is 11.6. The zero-order valence-corrected chi connectivity index (χ0v) is 11.6. The molecule has 2 aromatic heterocycles. The Bertz CT molecular complexity index is 940. The molecule has 0 saturated heterocycles. The second kappa shape index (κ2) is 4.59. The lowest BCUT2D eigenvalue weighted by Crippen LogP contribution is -1.95. The van der Waals surface area contributed by atoms with E-state index in [1.165, 1.54) is 0 Å². The van der Waals surface area contributed by atoms with Gasteiger partial charge in [0.2, 0.25) is 0 Å². The number of nitrogens with zero attached hydrogens (tertiary/aromatic N) is 3. The van der Waals surface area contributed by atoms with Gasteiger partial charge in [-0.1, -0.05) is 18.2 Å². The molecule has 4 nitrogen and oxygen atoms in total. The SMILES string of the molecule is Cn1ncc2ccc(Nc3ccc4ccccc4n3)cc21. The molecule has 4 heteroatoms. The molecule has 0 saturated carbocycles. The van der Waals surface area contributed by atoms with Crippen molar-refractivity contribution in [2.24, 2.45) is 7.05 Å². The van der Waals surface area contributed by atoms with Crippen LogP contribution in [0.3, 0.4) is 0 Å². The molecule has 0 spiro atoms. The van der Waals surface area contributed by atoms with Crippen LogP contribution < -0.4 is 5.32 Å². The number of rotatable bonds is 2. The van der Waals surface area contributed by atoms with E-state index in [0.29, 0.717) is 0 Å². The van der Waals surface area contributed by atoms with Crippen molar-refractivity contribution < 1.29 is 0 Å². The number of nitrogens with one attached hydrogen (secondary N) is 1. The van der Waals surface area contributed by atoms with Crippen molar-refractivity contribution in [3.8, 4) is 0 Å². The van der Waals surface area contributed by atoms with E-state index < -0.39 is 0 Å². The third-order valence-electron chi connectivity index (χ3n) is 3.62. The number of aryl methyl sites for hydroxylation is 1. The third-order valence-corrected chi connectivity index (χ3v) is 3.62. The molecule has 0 amide bonds. The number of fused-ring (bicyclic) bond motifs is 2. The number of para-hydroxylation sites is 1. The van der Waals surface area contributed by atoms with Crippen LogP contribution in [0.2, 0.25) is 0 Å². The number of aromatic nitrogens is 3. The van der Waals surface area contributed by atoms with Gasteiger partial charge < -0.3 is 5.32 Å². The molecule has 4 rings (SSSR count). The molecule has 0 radical (unpaired) electrons. The maximum Gasteiger partial charge on any atom is 0.131 e. The highest BCUT2D eigenvalue weighted by molar-refractivity contribution is 5.84. The third kappa shape index (κ3) is 2.10. The number of anilines is 2. The number of pyridine rings is 1. The molecule has 2 heterocycles. The van der Waals surface area contributed by atoms with Crippen LogP contribution in [-0.2, 0) is 7.05 Å². The molecule has 102 valence electrons. The topological polar surface area (TPSA) is 42.7 Å². The fourth-order valence-electron chi connectivity index (χ4n) is 2.51. The van der Waals surface area contributed by atoms with Gasteiger partial charge in [0, 0.05) is 23.5 Å². The largest absolute Gasteiger partial charge is 0.340 e. The monoisotopic (exact) mass is 274 g/mol. The molecule has 0 atom stereocenters. The van der Waals surface area contributed by atoms with E-state index in [1.54, 1.807) is 0 Å². The lowest BCUT2D eigenvalue weighted by molar-refractivity contribution is 0.797. The van der Waals surface area contributed by atoms with Crippen LogP contribution in [0.25, 0.3) is 21.8 Å². The van der Waals surface area contributed by atoms with Crippen LogP contribution in [-0.4, -0.2) is 14.8 Å². The Labute approximate surface area is 122 Å². The quantitative estimate of drug-likeness (QED) is 0.603. The molecule has 21 heavy (non-hydrogen) atoms. The average molecular weight is 274 g/mol. The summed E-state index contributed by atoms with van der Waals surface area (Å²) in [6.45, 7) is 0. The van der Waals surface area contributed by atoms with E-state index in [0.717, 1.165) is 33.3 Å². The van der Waals surface area contributed by atoms with Gasteiger partial charge in [-0.25, -0.2) is 4.98 Å². The highest BCUT2D eigenvalue weighted by Crippen LogP contribution is 2.22. The summed E-state index contributed by atoms with van der Waals surface area (Å²) in [7, 11) is 1.94. The van der Waals surface area contributed by atoms with E-state index >= 15 is 0 Å². The van der Waals surface area contributed by atoms with Crippen LogP contribution in [0, 0.1) is 0 Å². The summed E-state index contributed by atoms with van der Waals surface area (Å²) in [6, 6.07) is 18.4. The molecule has 2 aromatic carbocycles. The predicted molar refractivity (Wildman–Crippen MR) is 85.7 cm³/mol. The van der Waals surface area contributed by atoms with Crippen molar-refractivity contribution in [3.63, 3.8) is 0 Å². The van der Waals surface area contributed by atoms with E-state index in [2.05, 4.69) is 39.7 Å². The normalized spacial score (nSPS) is 11.1. The van der Waals surface area contributed by atoms with Crippen molar-refractivity contribution in [1.29, 1.82) is 0 Å². The zero-order chi connectivity index (χ0) is 14.2.